The largest absolute Gasteiger partial charge is 0.497 e. The first-order chi connectivity index (χ1) is 9.22. The van der Waals surface area contributed by atoms with E-state index in [-0.39, 0.29) is 11.9 Å². The molecular weight excluding hydrogens is 240 g/mol. The minimum absolute atomic E-state index is 0.0740. The third-order valence-corrected chi connectivity index (χ3v) is 4.04. The van der Waals surface area contributed by atoms with Gasteiger partial charge in [-0.2, -0.15) is 0 Å². The topological polar surface area (TPSA) is 35.5 Å². The number of carbonyl (C=O) groups is 1. The van der Waals surface area contributed by atoms with Crippen molar-refractivity contribution in [2.24, 2.45) is 11.8 Å². The van der Waals surface area contributed by atoms with E-state index in [1.54, 1.807) is 31.4 Å². The minimum atomic E-state index is -0.0836. The van der Waals surface area contributed by atoms with Crippen LogP contribution >= 0.6 is 0 Å². The van der Waals surface area contributed by atoms with Crippen LogP contribution in [-0.2, 0) is 4.79 Å². The molecule has 0 radical (unpaired) electrons. The van der Waals surface area contributed by atoms with Crippen molar-refractivity contribution >= 4 is 5.97 Å². The molecule has 0 atom stereocenters. The molecule has 104 valence electrons. The molecule has 1 aliphatic carbocycles. The van der Waals surface area contributed by atoms with Crippen molar-refractivity contribution in [3.63, 3.8) is 0 Å². The summed E-state index contributed by atoms with van der Waals surface area (Å²) >= 11 is 0. The SMILES string of the molecule is CCC1CCC(C(=O)Oc2ccc(OC)cc2)CC1. The summed E-state index contributed by atoms with van der Waals surface area (Å²) in [7, 11) is 1.62. The lowest BCUT2D eigenvalue weighted by molar-refractivity contribution is -0.140. The van der Waals surface area contributed by atoms with Crippen LogP contribution in [0, 0.1) is 11.8 Å². The first-order valence-corrected chi connectivity index (χ1v) is 7.08. The monoisotopic (exact) mass is 262 g/mol. The fraction of sp³-hybridized carbons (Fsp3) is 0.562. The molecule has 2 rings (SSSR count). The average Bonchev–Trinajstić information content (AvgIpc) is 2.48. The first kappa shape index (κ1) is 13.9. The van der Waals surface area contributed by atoms with Crippen molar-refractivity contribution in [2.45, 2.75) is 39.0 Å². The molecule has 1 aromatic rings. The van der Waals surface area contributed by atoms with Gasteiger partial charge in [0, 0.05) is 0 Å². The number of carbonyl (C=O) groups excluding carboxylic acids is 1. The molecule has 0 aromatic heterocycles. The zero-order valence-corrected chi connectivity index (χ0v) is 11.7. The molecule has 0 aliphatic heterocycles. The molecule has 1 saturated carbocycles. The smallest absolute Gasteiger partial charge is 0.314 e. The lowest BCUT2D eigenvalue weighted by Crippen LogP contribution is -2.25. The van der Waals surface area contributed by atoms with E-state index >= 15 is 0 Å². The number of hydrogen-bond acceptors (Lipinski definition) is 3. The number of esters is 1. The Bertz CT molecular complexity index is 403. The summed E-state index contributed by atoms with van der Waals surface area (Å²) in [6.07, 6.45) is 5.46. The molecule has 0 saturated heterocycles. The van der Waals surface area contributed by atoms with Gasteiger partial charge in [0.1, 0.15) is 11.5 Å². The van der Waals surface area contributed by atoms with Gasteiger partial charge in [0.15, 0.2) is 0 Å². The highest BCUT2D eigenvalue weighted by molar-refractivity contribution is 5.75. The van der Waals surface area contributed by atoms with Crippen LogP contribution < -0.4 is 9.47 Å². The second-order valence-corrected chi connectivity index (χ2v) is 5.22. The lowest BCUT2D eigenvalue weighted by atomic mass is 9.81. The van der Waals surface area contributed by atoms with Crippen molar-refractivity contribution in [1.29, 1.82) is 0 Å². The number of hydrogen-bond donors (Lipinski definition) is 0. The van der Waals surface area contributed by atoms with E-state index in [9.17, 15) is 4.79 Å². The number of ether oxygens (including phenoxy) is 2. The molecule has 1 aromatic carbocycles. The van der Waals surface area contributed by atoms with Crippen LogP contribution in [0.25, 0.3) is 0 Å². The fourth-order valence-corrected chi connectivity index (χ4v) is 2.65. The van der Waals surface area contributed by atoms with E-state index in [0.717, 1.165) is 37.4 Å². The van der Waals surface area contributed by atoms with Crippen molar-refractivity contribution in [3.05, 3.63) is 24.3 Å². The minimum Gasteiger partial charge on any atom is -0.497 e. The maximum atomic E-state index is 12.1. The Morgan fingerprint density at radius 3 is 2.21 bits per heavy atom. The third kappa shape index (κ3) is 3.72. The van der Waals surface area contributed by atoms with Gasteiger partial charge in [-0.3, -0.25) is 4.79 Å². The molecule has 0 N–H and O–H groups in total. The summed E-state index contributed by atoms with van der Waals surface area (Å²) < 4.78 is 10.5. The molecule has 0 spiro atoms. The zero-order chi connectivity index (χ0) is 13.7. The van der Waals surface area contributed by atoms with Crippen LogP contribution in [0.15, 0.2) is 24.3 Å². The number of rotatable bonds is 4. The molecular formula is C16H22O3. The van der Waals surface area contributed by atoms with E-state index in [1.807, 2.05) is 0 Å². The average molecular weight is 262 g/mol. The zero-order valence-electron chi connectivity index (χ0n) is 11.7. The third-order valence-electron chi connectivity index (χ3n) is 4.04. The molecule has 3 nitrogen and oxygen atoms in total. The molecule has 3 heteroatoms. The van der Waals surface area contributed by atoms with E-state index in [1.165, 1.54) is 6.42 Å². The maximum absolute atomic E-state index is 12.1. The van der Waals surface area contributed by atoms with Crippen molar-refractivity contribution in [1.82, 2.24) is 0 Å². The normalized spacial score (nSPS) is 22.8. The summed E-state index contributed by atoms with van der Waals surface area (Å²) in [6.45, 7) is 2.22. The second-order valence-electron chi connectivity index (χ2n) is 5.22. The van der Waals surface area contributed by atoms with Crippen LogP contribution in [0.2, 0.25) is 0 Å². The van der Waals surface area contributed by atoms with Gasteiger partial charge in [-0.1, -0.05) is 13.3 Å². The Hall–Kier alpha value is -1.51. The Kier molecular flexibility index (Phi) is 4.83. The molecule has 19 heavy (non-hydrogen) atoms. The van der Waals surface area contributed by atoms with Crippen LogP contribution in [-0.4, -0.2) is 13.1 Å². The summed E-state index contributed by atoms with van der Waals surface area (Å²) in [5.41, 5.74) is 0. The van der Waals surface area contributed by atoms with Gasteiger partial charge in [0.25, 0.3) is 0 Å². The van der Waals surface area contributed by atoms with Crippen LogP contribution in [0.1, 0.15) is 39.0 Å². The Labute approximate surface area is 114 Å². The highest BCUT2D eigenvalue weighted by atomic mass is 16.5. The molecule has 0 unspecified atom stereocenters. The van der Waals surface area contributed by atoms with Crippen molar-refractivity contribution < 1.29 is 14.3 Å². The van der Waals surface area contributed by atoms with Crippen molar-refractivity contribution in [3.8, 4) is 11.5 Å². The van der Waals surface area contributed by atoms with Crippen LogP contribution in [0.3, 0.4) is 0 Å². The lowest BCUT2D eigenvalue weighted by Gasteiger charge is -2.26. The summed E-state index contributed by atoms with van der Waals surface area (Å²) in [4.78, 5) is 12.1. The fourth-order valence-electron chi connectivity index (χ4n) is 2.65. The van der Waals surface area contributed by atoms with E-state index in [0.29, 0.717) is 5.75 Å². The maximum Gasteiger partial charge on any atom is 0.314 e. The standard InChI is InChI=1S/C16H22O3/c1-3-12-4-6-13(7-5-12)16(17)19-15-10-8-14(18-2)9-11-15/h8-13H,3-7H2,1-2H3. The molecule has 1 aliphatic rings. The molecule has 0 heterocycles. The highest BCUT2D eigenvalue weighted by Gasteiger charge is 2.26. The van der Waals surface area contributed by atoms with Gasteiger partial charge < -0.3 is 9.47 Å². The summed E-state index contributed by atoms with van der Waals surface area (Å²) in [6, 6.07) is 7.15. The Morgan fingerprint density at radius 1 is 1.11 bits per heavy atom. The quantitative estimate of drug-likeness (QED) is 0.611. The predicted octanol–water partition coefficient (Wildman–Crippen LogP) is 3.82. The van der Waals surface area contributed by atoms with Gasteiger partial charge in [0.05, 0.1) is 13.0 Å². The highest BCUT2D eigenvalue weighted by Crippen LogP contribution is 2.31. The van der Waals surface area contributed by atoms with E-state index in [2.05, 4.69) is 6.92 Å². The molecule has 0 amide bonds. The predicted molar refractivity (Wildman–Crippen MR) is 74.4 cm³/mol. The van der Waals surface area contributed by atoms with Crippen LogP contribution in [0.4, 0.5) is 0 Å². The van der Waals surface area contributed by atoms with Gasteiger partial charge in [-0.25, -0.2) is 0 Å². The van der Waals surface area contributed by atoms with Crippen molar-refractivity contribution in [2.75, 3.05) is 7.11 Å². The summed E-state index contributed by atoms with van der Waals surface area (Å²) in [5.74, 6) is 2.15. The number of methoxy groups -OCH3 is 1. The molecule has 0 bridgehead atoms. The second kappa shape index (κ2) is 6.60. The van der Waals surface area contributed by atoms with Gasteiger partial charge >= 0.3 is 5.97 Å². The Balaban J connectivity index is 1.86. The number of benzene rings is 1. The molecule has 1 fully saturated rings. The van der Waals surface area contributed by atoms with Gasteiger partial charge in [-0.15, -0.1) is 0 Å². The van der Waals surface area contributed by atoms with Gasteiger partial charge in [0.2, 0.25) is 0 Å². The Morgan fingerprint density at radius 2 is 1.68 bits per heavy atom. The summed E-state index contributed by atoms with van der Waals surface area (Å²) in [5, 5.41) is 0. The first-order valence-electron chi connectivity index (χ1n) is 7.08. The van der Waals surface area contributed by atoms with Crippen LogP contribution in [0.5, 0.6) is 11.5 Å². The van der Waals surface area contributed by atoms with Gasteiger partial charge in [-0.05, 0) is 55.9 Å². The van der Waals surface area contributed by atoms with E-state index in [4.69, 9.17) is 9.47 Å². The van der Waals surface area contributed by atoms with E-state index < -0.39 is 0 Å².